The SMILES string of the molecule is Cc1ccc2[s+]psc2c1.[Cl][Al-]([Cl])([Cl])[Cl]. The third-order valence-corrected chi connectivity index (χ3v) is 5.70. The highest BCUT2D eigenvalue weighted by molar-refractivity contribution is 8.08. The summed E-state index contributed by atoms with van der Waals surface area (Å²) in [6, 6.07) is 6.64. The van der Waals surface area contributed by atoms with Crippen LogP contribution in [0.15, 0.2) is 18.2 Å². The summed E-state index contributed by atoms with van der Waals surface area (Å²) in [5.74, 6) is 0. The molecule has 0 N–H and O–H groups in total. The Kier molecular flexibility index (Phi) is 6.42. The van der Waals surface area contributed by atoms with Gasteiger partial charge in [0.1, 0.15) is 21.9 Å². The Hall–Kier alpha value is 1.65. The monoisotopic (exact) mass is 352 g/mol. The largest absolute Gasteiger partial charge is 0.564 e. The molecule has 2 rings (SSSR count). The third-order valence-electron chi connectivity index (χ3n) is 1.37. The van der Waals surface area contributed by atoms with Gasteiger partial charge in [-0.25, -0.2) is 0 Å². The third kappa shape index (κ3) is 6.84. The van der Waals surface area contributed by atoms with E-state index in [1.165, 1.54) is 21.5 Å². The lowest BCUT2D eigenvalue weighted by Gasteiger charge is -1.97. The summed E-state index contributed by atoms with van der Waals surface area (Å²) in [5.41, 5.74) is 1.36. The summed E-state index contributed by atoms with van der Waals surface area (Å²) in [4.78, 5) is 0. The second-order valence-electron chi connectivity index (χ2n) is 2.70. The van der Waals surface area contributed by atoms with Crippen molar-refractivity contribution in [3.8, 4) is 0 Å². The normalized spacial score (nSPS) is 11.5. The van der Waals surface area contributed by atoms with Gasteiger partial charge >= 0.3 is 15.9 Å². The van der Waals surface area contributed by atoms with Gasteiger partial charge in [-0.3, -0.25) is 0 Å². The molecule has 0 amide bonds. The molecule has 2 aromatic rings. The van der Waals surface area contributed by atoms with E-state index < -0.39 is 9.39 Å². The Morgan fingerprint density at radius 2 is 1.87 bits per heavy atom. The molecule has 0 saturated carbocycles. The predicted octanol–water partition coefficient (Wildman–Crippen LogP) is 6.51. The first kappa shape index (κ1) is 14.7. The Morgan fingerprint density at radius 3 is 2.47 bits per heavy atom. The number of hydrogen-bond acceptors (Lipinski definition) is 1. The van der Waals surface area contributed by atoms with Gasteiger partial charge in [0, 0.05) is 0 Å². The molecule has 0 bridgehead atoms. The van der Waals surface area contributed by atoms with E-state index in [0.717, 1.165) is 0 Å². The van der Waals surface area contributed by atoms with Crippen molar-refractivity contribution in [2.24, 2.45) is 0 Å². The van der Waals surface area contributed by atoms with Crippen molar-refractivity contribution in [3.63, 3.8) is 0 Å². The standard InChI is InChI=1S/C7H6PS2.Al.4ClH/c1-5-2-3-6-7(4-5)10-8-9-6;;;;;/h2-4H,1H3;;4*1H/q+1;+3;;;;/p-4. The fourth-order valence-electron chi connectivity index (χ4n) is 0.861. The average molecular weight is 354 g/mol. The van der Waals surface area contributed by atoms with Crippen LogP contribution >= 0.6 is 68.6 Å². The Bertz CT molecular complexity index is 436. The van der Waals surface area contributed by atoms with Gasteiger partial charge in [0.25, 0.3) is 0 Å². The maximum absolute atomic E-state index is 4.99. The van der Waals surface area contributed by atoms with Gasteiger partial charge in [0.05, 0.1) is 0 Å². The van der Waals surface area contributed by atoms with E-state index in [1.54, 1.807) is 0 Å². The summed E-state index contributed by atoms with van der Waals surface area (Å²) in [5, 5.41) is 0. The molecule has 0 fully saturated rings. The van der Waals surface area contributed by atoms with Crippen LogP contribution in [0.1, 0.15) is 5.56 Å². The number of rotatable bonds is 0. The number of aryl methyl sites for hydroxylation is 1. The highest BCUT2D eigenvalue weighted by atomic mass is 35.9. The lowest BCUT2D eigenvalue weighted by Crippen LogP contribution is -1.91. The number of hydrogen-bond donors (Lipinski definition) is 0. The van der Waals surface area contributed by atoms with Crippen LogP contribution in [0.25, 0.3) is 9.40 Å². The van der Waals surface area contributed by atoms with E-state index in [0.29, 0.717) is 0 Å². The molecule has 15 heavy (non-hydrogen) atoms. The van der Waals surface area contributed by atoms with E-state index >= 15 is 0 Å². The molecule has 0 aliphatic carbocycles. The van der Waals surface area contributed by atoms with Crippen LogP contribution in [-0.4, -0.2) is 9.39 Å². The van der Waals surface area contributed by atoms with E-state index in [2.05, 4.69) is 25.1 Å². The van der Waals surface area contributed by atoms with Gasteiger partial charge in [0.15, 0.2) is 9.40 Å². The molecule has 0 unspecified atom stereocenters. The van der Waals surface area contributed by atoms with Gasteiger partial charge in [-0.05, 0) is 24.6 Å². The van der Waals surface area contributed by atoms with Crippen molar-refractivity contribution in [2.45, 2.75) is 6.92 Å². The molecule has 8 heteroatoms. The van der Waals surface area contributed by atoms with Crippen LogP contribution in [0.5, 0.6) is 0 Å². The molecular weight excluding hydrogens is 348 g/mol. The van der Waals surface area contributed by atoms with Gasteiger partial charge in [-0.1, -0.05) is 6.07 Å². The summed E-state index contributed by atoms with van der Waals surface area (Å²) in [6.45, 7) is 3.55. The molecule has 0 radical (unpaired) electrons. The summed E-state index contributed by atoms with van der Waals surface area (Å²) < 4.78 is 2.89. The molecular formula is C7H6AlCl4PS2. The first-order valence-corrected chi connectivity index (χ1v) is 14.6. The molecule has 0 atom stereocenters. The fourth-order valence-corrected chi connectivity index (χ4v) is 5.66. The maximum Gasteiger partial charge on any atom is 0.564 e. The molecule has 1 heterocycles. The highest BCUT2D eigenvalue weighted by Gasteiger charge is 2.14. The number of fused-ring (bicyclic) bond motifs is 1. The first-order chi connectivity index (χ1) is 6.86. The van der Waals surface area contributed by atoms with Gasteiger partial charge in [0.2, 0.25) is 0 Å². The zero-order chi connectivity index (χ0) is 11.5. The maximum atomic E-state index is 4.99. The van der Waals surface area contributed by atoms with Crippen molar-refractivity contribution in [1.82, 2.24) is 0 Å². The Labute approximate surface area is 117 Å². The van der Waals surface area contributed by atoms with Crippen molar-refractivity contribution < 1.29 is 0 Å². The first-order valence-electron chi connectivity index (χ1n) is 3.88. The molecule has 0 nitrogen and oxygen atoms in total. The molecule has 0 spiro atoms. The molecule has 0 saturated heterocycles. The predicted molar refractivity (Wildman–Crippen MR) is 80.5 cm³/mol. The molecule has 1 aromatic heterocycles. The zero-order valence-electron chi connectivity index (χ0n) is 7.58. The van der Waals surface area contributed by atoms with E-state index in [1.807, 2.05) is 21.9 Å². The minimum absolute atomic E-state index is 1.36. The van der Waals surface area contributed by atoms with Crippen LogP contribution in [0.3, 0.4) is 0 Å². The fraction of sp³-hybridized carbons (Fsp3) is 0.143. The van der Waals surface area contributed by atoms with Crippen LogP contribution in [-0.2, 0) is 0 Å². The van der Waals surface area contributed by atoms with Crippen molar-refractivity contribution in [3.05, 3.63) is 23.8 Å². The molecule has 1 aromatic carbocycles. The number of benzene rings is 1. The van der Waals surface area contributed by atoms with E-state index in [4.69, 9.17) is 40.2 Å². The lowest BCUT2D eigenvalue weighted by molar-refractivity contribution is 1.52. The molecule has 0 aliphatic rings. The van der Waals surface area contributed by atoms with E-state index in [-0.39, 0.29) is 0 Å². The van der Waals surface area contributed by atoms with E-state index in [9.17, 15) is 0 Å². The second kappa shape index (κ2) is 6.55. The van der Waals surface area contributed by atoms with Crippen molar-refractivity contribution in [1.29, 1.82) is 0 Å². The molecule has 0 aliphatic heterocycles. The van der Waals surface area contributed by atoms with Crippen LogP contribution in [0.4, 0.5) is 0 Å². The zero-order valence-corrected chi connectivity index (χ0v) is 14.3. The summed E-state index contributed by atoms with van der Waals surface area (Å²) >= 11 is 0. The minimum atomic E-state index is -2.94. The van der Waals surface area contributed by atoms with Crippen molar-refractivity contribution >= 4 is 87.4 Å². The smallest absolute Gasteiger partial charge is 0.391 e. The van der Waals surface area contributed by atoms with Crippen LogP contribution < -0.4 is 0 Å². The summed E-state index contributed by atoms with van der Waals surface area (Å²) in [6.07, 6.45) is 0. The average Bonchev–Trinajstić information content (AvgIpc) is 2.47. The lowest BCUT2D eigenvalue weighted by atomic mass is 10.2. The topological polar surface area (TPSA) is 0 Å². The second-order valence-corrected chi connectivity index (χ2v) is 19.8. The van der Waals surface area contributed by atoms with Gasteiger partial charge < -0.3 is 40.2 Å². The van der Waals surface area contributed by atoms with Crippen LogP contribution in [0, 0.1) is 6.92 Å². The Balaban J connectivity index is 0.000000195. The van der Waals surface area contributed by atoms with Gasteiger partial charge in [-0.15, -0.1) is 0 Å². The van der Waals surface area contributed by atoms with Gasteiger partial charge in [-0.2, -0.15) is 0 Å². The minimum Gasteiger partial charge on any atom is -0.391 e. The van der Waals surface area contributed by atoms with Crippen LogP contribution in [0.2, 0.25) is 0 Å². The quantitative estimate of drug-likeness (QED) is 0.374. The highest BCUT2D eigenvalue weighted by Crippen LogP contribution is 2.35. The Morgan fingerprint density at radius 1 is 1.27 bits per heavy atom. The molecule has 82 valence electrons. The number of halogens is 4. The van der Waals surface area contributed by atoms with Crippen molar-refractivity contribution in [2.75, 3.05) is 0 Å². The summed E-state index contributed by atoms with van der Waals surface area (Å²) in [7, 11) is 20.9.